The predicted molar refractivity (Wildman–Crippen MR) is 73.2 cm³/mol. The van der Waals surface area contributed by atoms with Crippen molar-refractivity contribution in [2.45, 2.75) is 0 Å². The molecule has 2 aromatic heterocycles. The number of hydrogen-bond acceptors (Lipinski definition) is 5. The van der Waals surface area contributed by atoms with E-state index in [9.17, 15) is 9.81 Å². The Balaban J connectivity index is 2.16. The summed E-state index contributed by atoms with van der Waals surface area (Å²) in [5, 5.41) is 7.62. The van der Waals surface area contributed by atoms with Crippen LogP contribution in [-0.4, -0.2) is 30.8 Å². The molecule has 0 amide bonds. The molecule has 0 bridgehead atoms. The fraction of sp³-hybridized carbons (Fsp3) is 0.182. The zero-order valence-electron chi connectivity index (χ0n) is 11.4. The monoisotopic (exact) mass is 294 g/mol. The highest BCUT2D eigenvalue weighted by molar-refractivity contribution is 5.77. The Bertz CT molecular complexity index is 766. The summed E-state index contributed by atoms with van der Waals surface area (Å²) in [5.41, 5.74) is 0.839. The Kier molecular flexibility index (Phi) is 4.29. The van der Waals surface area contributed by atoms with E-state index in [1.807, 2.05) is 0 Å². The van der Waals surface area contributed by atoms with E-state index < -0.39 is 0 Å². The zero-order chi connectivity index (χ0) is 15.2. The van der Waals surface area contributed by atoms with E-state index in [4.69, 9.17) is 9.47 Å². The van der Waals surface area contributed by atoms with Gasteiger partial charge in [0.05, 0.1) is 30.4 Å². The molecule has 21 heavy (non-hydrogen) atoms. The van der Waals surface area contributed by atoms with Crippen molar-refractivity contribution in [3.8, 4) is 11.8 Å². The lowest BCUT2D eigenvalue weighted by atomic mass is 10.4. The summed E-state index contributed by atoms with van der Waals surface area (Å²) in [4.78, 5) is 26.6. The lowest BCUT2D eigenvalue weighted by Crippen LogP contribution is -2.20. The highest BCUT2D eigenvalue weighted by atomic mass is 16.5. The SMILES string of the molecule is COc1cc(N=CNc2cc(OC)[nH][n+](=O)c2)c[n+](=O)[nH]1. The molecule has 0 spiro atoms. The second-order valence-corrected chi connectivity index (χ2v) is 3.84. The Morgan fingerprint density at radius 2 is 1.71 bits per heavy atom. The lowest BCUT2D eigenvalue weighted by molar-refractivity contribution is -0.564. The highest BCUT2D eigenvalue weighted by Gasteiger charge is 2.05. The van der Waals surface area contributed by atoms with Crippen LogP contribution in [0.4, 0.5) is 11.4 Å². The van der Waals surface area contributed by atoms with Gasteiger partial charge in [-0.25, -0.2) is 4.99 Å². The minimum absolute atomic E-state index is 0.271. The molecule has 3 N–H and O–H groups in total. The molecule has 0 aliphatic carbocycles. The smallest absolute Gasteiger partial charge is 0.283 e. The topological polar surface area (TPSA) is 120 Å². The molecular formula is C11H14N6O4+2. The Hall–Kier alpha value is -3.17. The molecule has 2 aromatic rings. The van der Waals surface area contributed by atoms with E-state index in [1.165, 1.54) is 33.0 Å². The number of rotatable bonds is 5. The third-order valence-electron chi connectivity index (χ3n) is 2.40. The summed E-state index contributed by atoms with van der Waals surface area (Å²) in [6, 6.07) is 3.12. The van der Waals surface area contributed by atoms with E-state index in [2.05, 4.69) is 20.5 Å². The number of aromatic amines is 2. The second-order valence-electron chi connectivity index (χ2n) is 3.84. The number of aliphatic imine (C=N–C) groups is 1. The van der Waals surface area contributed by atoms with Crippen LogP contribution in [0.3, 0.4) is 0 Å². The number of H-pyrrole nitrogens is 2. The maximum Gasteiger partial charge on any atom is 0.283 e. The number of nitrogens with zero attached hydrogens (tertiary/aromatic N) is 3. The van der Waals surface area contributed by atoms with Gasteiger partial charge in [0, 0.05) is 12.1 Å². The number of methoxy groups -OCH3 is 2. The van der Waals surface area contributed by atoms with Crippen molar-refractivity contribution >= 4 is 17.7 Å². The summed E-state index contributed by atoms with van der Waals surface area (Å²) in [6.07, 6.45) is 3.83. The predicted octanol–water partition coefficient (Wildman–Crippen LogP) is -0.0391. The average molecular weight is 294 g/mol. The molecule has 0 radical (unpaired) electrons. The van der Waals surface area contributed by atoms with Gasteiger partial charge in [0.25, 0.3) is 18.3 Å². The zero-order valence-corrected chi connectivity index (χ0v) is 11.4. The number of nitrogens with one attached hydrogen (secondary N) is 3. The van der Waals surface area contributed by atoms with Crippen molar-refractivity contribution in [2.24, 2.45) is 4.99 Å². The van der Waals surface area contributed by atoms with E-state index in [0.717, 1.165) is 0 Å². The Morgan fingerprint density at radius 1 is 1.10 bits per heavy atom. The first-order valence-corrected chi connectivity index (χ1v) is 5.81. The molecule has 0 aromatic carbocycles. The van der Waals surface area contributed by atoms with Gasteiger partial charge >= 0.3 is 0 Å². The summed E-state index contributed by atoms with van der Waals surface area (Å²) >= 11 is 0. The summed E-state index contributed by atoms with van der Waals surface area (Å²) in [7, 11) is 2.86. The van der Waals surface area contributed by atoms with E-state index >= 15 is 0 Å². The van der Waals surface area contributed by atoms with Crippen molar-refractivity contribution in [3.05, 3.63) is 34.3 Å². The normalized spacial score (nSPS) is 10.6. The van der Waals surface area contributed by atoms with Gasteiger partial charge in [0.15, 0.2) is 9.08 Å². The van der Waals surface area contributed by atoms with Crippen molar-refractivity contribution in [1.29, 1.82) is 0 Å². The molecular weight excluding hydrogens is 280 g/mol. The van der Waals surface area contributed by atoms with Crippen LogP contribution in [0.25, 0.3) is 0 Å². The van der Waals surface area contributed by atoms with Gasteiger partial charge < -0.3 is 14.8 Å². The first-order chi connectivity index (χ1) is 10.1. The van der Waals surface area contributed by atoms with Gasteiger partial charge in [-0.15, -0.1) is 0 Å². The maximum absolute atomic E-state index is 11.3. The van der Waals surface area contributed by atoms with Crippen molar-refractivity contribution in [3.63, 3.8) is 0 Å². The van der Waals surface area contributed by atoms with Crippen LogP contribution in [-0.2, 0) is 0 Å². The molecule has 0 fully saturated rings. The summed E-state index contributed by atoms with van der Waals surface area (Å²) < 4.78 is 10.8. The van der Waals surface area contributed by atoms with E-state index in [1.54, 1.807) is 12.1 Å². The molecule has 0 saturated carbocycles. The van der Waals surface area contributed by atoms with Gasteiger partial charge in [-0.05, 0) is 0 Å². The third kappa shape index (κ3) is 3.89. The minimum Gasteiger partial charge on any atom is -0.479 e. The molecule has 0 atom stereocenters. The molecule has 0 unspecified atom stereocenters. The molecule has 10 heteroatoms. The quantitative estimate of drug-likeness (QED) is 0.406. The minimum atomic E-state index is 0.271. The van der Waals surface area contributed by atoms with Crippen LogP contribution >= 0.6 is 0 Å². The molecule has 2 rings (SSSR count). The fourth-order valence-electron chi connectivity index (χ4n) is 1.48. The highest BCUT2D eigenvalue weighted by Crippen LogP contribution is 2.13. The van der Waals surface area contributed by atoms with Crippen molar-refractivity contribution in [1.82, 2.24) is 10.2 Å². The van der Waals surface area contributed by atoms with Crippen LogP contribution in [0, 0.1) is 9.81 Å². The molecule has 0 saturated heterocycles. The molecule has 0 aliphatic rings. The number of anilines is 1. The van der Waals surface area contributed by atoms with Crippen molar-refractivity contribution < 1.29 is 18.6 Å². The van der Waals surface area contributed by atoms with Gasteiger partial charge in [-0.2, -0.15) is 0 Å². The fourth-order valence-corrected chi connectivity index (χ4v) is 1.48. The molecule has 2 heterocycles. The molecule has 110 valence electrons. The lowest BCUT2D eigenvalue weighted by Gasteiger charge is -1.98. The van der Waals surface area contributed by atoms with Gasteiger partial charge in [0.1, 0.15) is 11.4 Å². The second kappa shape index (κ2) is 6.32. The van der Waals surface area contributed by atoms with Crippen LogP contribution < -0.4 is 23.9 Å². The summed E-state index contributed by atoms with van der Waals surface area (Å²) in [5.74, 6) is 0.560. The van der Waals surface area contributed by atoms with E-state index in [0.29, 0.717) is 20.5 Å². The number of hydrogen-bond donors (Lipinski definition) is 3. The first kappa shape index (κ1) is 14.2. The van der Waals surface area contributed by atoms with Gasteiger partial charge in [-0.3, -0.25) is 0 Å². The standard InChI is InChI=1S/C11H14N6O4/c1-20-10-3-8(5-16(18)14-10)12-7-13-9-4-11(21-2)15-17(19)6-9/h3-7H,1-2H3,(H3,12,13,14,15,18,19)/q+2. The summed E-state index contributed by atoms with van der Waals surface area (Å²) in [6.45, 7) is 0. The Labute approximate surface area is 118 Å². The number of aromatic nitrogens is 4. The van der Waals surface area contributed by atoms with Crippen LogP contribution in [0.15, 0.2) is 29.5 Å². The maximum atomic E-state index is 11.3. The number of ether oxygens (including phenoxy) is 2. The average Bonchev–Trinajstić information content (AvgIpc) is 2.46. The van der Waals surface area contributed by atoms with E-state index in [-0.39, 0.29) is 11.8 Å². The largest absolute Gasteiger partial charge is 0.479 e. The van der Waals surface area contributed by atoms with Crippen molar-refractivity contribution in [2.75, 3.05) is 19.5 Å². The first-order valence-electron chi connectivity index (χ1n) is 5.81. The molecule has 10 nitrogen and oxygen atoms in total. The van der Waals surface area contributed by atoms with Crippen LogP contribution in [0.2, 0.25) is 0 Å². The molecule has 0 aliphatic heterocycles. The third-order valence-corrected chi connectivity index (χ3v) is 2.40. The van der Waals surface area contributed by atoms with Crippen LogP contribution in [0.1, 0.15) is 0 Å². The van der Waals surface area contributed by atoms with Crippen LogP contribution in [0.5, 0.6) is 11.8 Å². The van der Waals surface area contributed by atoms with Gasteiger partial charge in [-0.1, -0.05) is 10.2 Å². The van der Waals surface area contributed by atoms with Gasteiger partial charge in [0.2, 0.25) is 5.88 Å². The Morgan fingerprint density at radius 3 is 2.38 bits per heavy atom.